The number of fused-ring (bicyclic) bond motifs is 3. The Balaban J connectivity index is 0.000000230. The molecule has 0 bridgehead atoms. The van der Waals surface area contributed by atoms with Gasteiger partial charge in [-0.1, -0.05) is 61.5 Å². The molecule has 124 heavy (non-hydrogen) atoms. The Hall–Kier alpha value is -12.3. The second-order valence-corrected chi connectivity index (χ2v) is 28.1. The van der Waals surface area contributed by atoms with Crippen LogP contribution >= 0.6 is 34.8 Å². The number of halogens is 9. The van der Waals surface area contributed by atoms with E-state index in [-0.39, 0.29) is 63.0 Å². The van der Waals surface area contributed by atoms with Crippen LogP contribution in [0.3, 0.4) is 0 Å². The van der Waals surface area contributed by atoms with E-state index >= 15 is 0 Å². The van der Waals surface area contributed by atoms with Crippen molar-refractivity contribution < 1.29 is 108 Å². The van der Waals surface area contributed by atoms with Gasteiger partial charge in [-0.15, -0.1) is 0 Å². The average molecular weight is 1790 g/mol. The van der Waals surface area contributed by atoms with Crippen LogP contribution in [-0.2, 0) is 52.6 Å². The number of aliphatic carboxylic acids is 3. The summed E-state index contributed by atoms with van der Waals surface area (Å²) in [6, 6.07) is 22.2. The molecule has 6 heterocycles. The van der Waals surface area contributed by atoms with Crippen LogP contribution in [0.2, 0.25) is 15.1 Å². The molecule has 0 spiro atoms. The van der Waals surface area contributed by atoms with Gasteiger partial charge in [0.25, 0.3) is 17.7 Å². The van der Waals surface area contributed by atoms with Crippen LogP contribution in [0.15, 0.2) is 147 Å². The van der Waals surface area contributed by atoms with Crippen LogP contribution in [0.4, 0.5) is 77.9 Å². The van der Waals surface area contributed by atoms with Gasteiger partial charge in [0.2, 0.25) is 0 Å². The predicted octanol–water partition coefficient (Wildman–Crippen LogP) is 14.6. The first-order valence-electron chi connectivity index (χ1n) is 38.2. The number of ether oxygens (including phenoxy) is 6. The number of carbonyl (C=O) groups is 8. The van der Waals surface area contributed by atoms with Gasteiger partial charge in [0.15, 0.2) is 17.5 Å². The van der Waals surface area contributed by atoms with Gasteiger partial charge in [-0.2, -0.15) is 0 Å². The average Bonchev–Trinajstić information content (AvgIpc) is 0.801. The van der Waals surface area contributed by atoms with E-state index in [1.165, 1.54) is 87.4 Å². The van der Waals surface area contributed by atoms with Crippen molar-refractivity contribution in [1.29, 1.82) is 0 Å². The van der Waals surface area contributed by atoms with E-state index in [0.29, 0.717) is 104 Å². The van der Waals surface area contributed by atoms with Crippen molar-refractivity contribution in [2.75, 3.05) is 150 Å². The number of amides is 3. The number of carboxylic acids is 3. The van der Waals surface area contributed by atoms with Gasteiger partial charge in [0.05, 0.1) is 108 Å². The molecule has 9 N–H and O–H groups in total. The largest absolute Gasteiger partial charge is 0.491 e. The zero-order chi connectivity index (χ0) is 90.4. The number of carboxylic acid groups (broad SMARTS) is 3. The van der Waals surface area contributed by atoms with Crippen molar-refractivity contribution in [1.82, 2.24) is 44.6 Å². The number of ketones is 2. The second kappa shape index (κ2) is 51.0. The zero-order valence-electron chi connectivity index (χ0n) is 67.5. The topological polar surface area (TPSA) is 412 Å². The molecular formula is C83H90Cl3F6N15O17. The summed E-state index contributed by atoms with van der Waals surface area (Å²) in [5.41, 5.74) is 3.79. The highest BCUT2D eigenvalue weighted by molar-refractivity contribution is 6.31. The van der Waals surface area contributed by atoms with Crippen LogP contribution in [0.5, 0.6) is 17.2 Å². The van der Waals surface area contributed by atoms with Crippen molar-refractivity contribution in [3.63, 3.8) is 0 Å². The number of aromatic nitrogens is 6. The lowest BCUT2D eigenvalue weighted by atomic mass is 10.1. The molecule has 3 aromatic heterocycles. The number of hydrogen-bond donors (Lipinski definition) is 9. The smallest absolute Gasteiger partial charge is 0.310 e. The Bertz CT molecular complexity index is 4770. The van der Waals surface area contributed by atoms with Gasteiger partial charge < -0.3 is 75.6 Å². The van der Waals surface area contributed by atoms with Crippen LogP contribution in [0, 0.1) is 17.5 Å². The number of hydrogen-bond acceptors (Lipinski definition) is 26. The summed E-state index contributed by atoms with van der Waals surface area (Å²) in [4.78, 5) is 117. The number of rotatable bonds is 32. The predicted molar refractivity (Wildman–Crippen MR) is 455 cm³/mol. The Kier molecular flexibility index (Phi) is 40.6. The number of morpholine rings is 3. The number of carbonyl (C=O) groups excluding carboxylic acids is 5. The Morgan fingerprint density at radius 2 is 0.677 bits per heavy atom. The molecule has 32 nitrogen and oxygen atoms in total. The van der Waals surface area contributed by atoms with E-state index in [0.717, 1.165) is 118 Å². The summed E-state index contributed by atoms with van der Waals surface area (Å²) in [5, 5.41) is 41.5. The van der Waals surface area contributed by atoms with E-state index in [1.807, 2.05) is 0 Å². The summed E-state index contributed by atoms with van der Waals surface area (Å²) in [5.74, 6) is -9.34. The summed E-state index contributed by atoms with van der Waals surface area (Å²) in [6.07, 6.45) is 5.84. The van der Waals surface area contributed by atoms with Crippen LogP contribution < -0.4 is 46.1 Å². The summed E-state index contributed by atoms with van der Waals surface area (Å²) in [7, 11) is 0. The third-order valence-corrected chi connectivity index (χ3v) is 18.2. The molecule has 3 fully saturated rings. The molecule has 0 aliphatic carbocycles. The molecule has 3 saturated heterocycles. The number of nitrogens with zero attached hydrogens (tertiary/aromatic N) is 9. The lowest BCUT2D eigenvalue weighted by Gasteiger charge is -2.26. The van der Waals surface area contributed by atoms with E-state index < -0.39 is 70.6 Å². The normalized spacial score (nSPS) is 13.1. The first kappa shape index (κ1) is 98.8. The quantitative estimate of drug-likeness (QED) is 0.00818. The summed E-state index contributed by atoms with van der Waals surface area (Å²) < 4.78 is 115. The fourth-order valence-corrected chi connectivity index (χ4v) is 11.8. The van der Waals surface area contributed by atoms with Crippen molar-refractivity contribution in [2.45, 2.75) is 59.3 Å². The number of Topliss-reactive ketones (excluding diaryl/α,β-unsaturated/α-hetero) is 2. The number of nitrogens with one attached hydrogen (secondary N) is 6. The first-order chi connectivity index (χ1) is 59.2. The molecular weight excluding hydrogens is 1700 g/mol. The van der Waals surface area contributed by atoms with Crippen molar-refractivity contribution in [3.8, 4) is 17.2 Å². The van der Waals surface area contributed by atoms with Gasteiger partial charge >= 0.3 is 17.9 Å². The molecule has 0 unspecified atom stereocenters. The van der Waals surface area contributed by atoms with Gasteiger partial charge in [-0.25, -0.2) is 56.2 Å². The third-order valence-electron chi connectivity index (χ3n) is 17.3. The fraction of sp³-hybridized carbons (Fsp3) is 0.325. The van der Waals surface area contributed by atoms with Gasteiger partial charge in [0.1, 0.15) is 95.5 Å². The Labute approximate surface area is 722 Å². The molecule has 12 rings (SSSR count). The van der Waals surface area contributed by atoms with Gasteiger partial charge in [-0.05, 0) is 106 Å². The maximum absolute atomic E-state index is 13.5. The van der Waals surface area contributed by atoms with Crippen molar-refractivity contribution >= 4 is 166 Å². The molecule has 3 aliphatic rings. The molecule has 0 atom stereocenters. The maximum atomic E-state index is 13.5. The Morgan fingerprint density at radius 1 is 0.419 bits per heavy atom. The lowest BCUT2D eigenvalue weighted by Crippen LogP contribution is -2.37. The Morgan fingerprint density at radius 3 is 0.887 bits per heavy atom. The molecule has 3 amide bonds. The van der Waals surface area contributed by atoms with Crippen LogP contribution in [0.1, 0.15) is 59.3 Å². The first-order valence-corrected chi connectivity index (χ1v) is 39.3. The van der Waals surface area contributed by atoms with E-state index in [9.17, 15) is 64.7 Å². The highest BCUT2D eigenvalue weighted by Crippen LogP contribution is 2.38. The van der Waals surface area contributed by atoms with Crippen LogP contribution in [-0.4, -0.2) is 225 Å². The van der Waals surface area contributed by atoms with Crippen LogP contribution in [0.25, 0.3) is 32.7 Å². The molecule has 3 aliphatic heterocycles. The van der Waals surface area contributed by atoms with E-state index in [4.69, 9.17) is 78.5 Å². The fourth-order valence-electron chi connectivity index (χ4n) is 11.2. The summed E-state index contributed by atoms with van der Waals surface area (Å²) in [6.45, 7) is 26.5. The highest BCUT2D eigenvalue weighted by Gasteiger charge is 2.22. The molecule has 9 aromatic rings. The van der Waals surface area contributed by atoms with Gasteiger partial charge in [-0.3, -0.25) is 53.1 Å². The zero-order valence-corrected chi connectivity index (χ0v) is 69.7. The second-order valence-electron chi connectivity index (χ2n) is 26.9. The molecule has 662 valence electrons. The highest BCUT2D eigenvalue weighted by atomic mass is 35.5. The number of benzene rings is 6. The standard InChI is InChI=1S/3C24H24ClF2N5O3.2C4H6O3.C3H6O2/c3*1-15(26)24(33)31-21-12-17-20(13-22(21)35-8-2-5-32-6-9-34-10-7-32)28-14-29-23(17)30-16-3-4-19(27)18(25)11-16;2*1-3(5)2-4(6)7;1-2-3(4)5/h3*3-4,11-14H,1-2,5-10H2,(H,31,33)(H,28,29,30);2*2H2,1H3,(H,6,7);2H2,1H3,(H,4,5). The van der Waals surface area contributed by atoms with Crippen molar-refractivity contribution in [2.24, 2.45) is 0 Å². The van der Waals surface area contributed by atoms with E-state index in [1.54, 1.807) is 43.3 Å². The van der Waals surface area contributed by atoms with E-state index in [2.05, 4.69) is 96.2 Å². The lowest BCUT2D eigenvalue weighted by molar-refractivity contribution is -0.141. The SMILES string of the molecule is C=C(F)C(=O)Nc1cc2c(Nc3ccc(F)c(Cl)c3)ncnc2cc1OCCCN1CCOCC1.C=C(F)C(=O)Nc1cc2c(Nc3ccc(F)c(Cl)c3)ncnc2cc1OCCCN1CCOCC1.C=C(F)C(=O)Nc1cc2c(Nc3ccc(F)c(Cl)c3)ncnc2cc1OCCCN1CCOCC1.CC(=O)CC(=O)O.CC(=O)CC(=O)O.CCC(=O)O. The molecule has 0 radical (unpaired) electrons. The van der Waals surface area contributed by atoms with Crippen molar-refractivity contribution in [3.05, 3.63) is 180 Å². The van der Waals surface area contributed by atoms with Gasteiger partial charge in [0, 0.05) is 117 Å². The minimum Gasteiger partial charge on any atom is -0.491 e. The summed E-state index contributed by atoms with van der Waals surface area (Å²) >= 11 is 17.6. The molecule has 6 aromatic carbocycles. The monoisotopic (exact) mass is 1790 g/mol. The maximum Gasteiger partial charge on any atom is 0.310 e. The molecule has 0 saturated carbocycles. The minimum atomic E-state index is -1.13. The molecule has 41 heteroatoms. The third kappa shape index (κ3) is 33.9. The minimum absolute atomic E-state index is 0.0458. The number of anilines is 9.